The van der Waals surface area contributed by atoms with Crippen molar-refractivity contribution in [2.24, 2.45) is 5.41 Å². The quantitative estimate of drug-likeness (QED) is 0.662. The Morgan fingerprint density at radius 1 is 1.48 bits per heavy atom. The largest absolute Gasteiger partial charge is 0.481 e. The normalized spacial score (nSPS) is 23.4. The Labute approximate surface area is 145 Å². The molecule has 2 atom stereocenters. The number of carboxylic acid groups (broad SMARTS) is 1. The molecule has 1 aliphatic rings. The van der Waals surface area contributed by atoms with E-state index in [2.05, 4.69) is 25.8 Å². The van der Waals surface area contributed by atoms with Crippen molar-refractivity contribution in [3.8, 4) is 0 Å². The molecule has 1 saturated heterocycles. The van der Waals surface area contributed by atoms with Gasteiger partial charge >= 0.3 is 5.97 Å². The van der Waals surface area contributed by atoms with Crippen LogP contribution in [0.5, 0.6) is 0 Å². The molecule has 0 amide bonds. The molecular formula is C17H22FN5O2. The minimum Gasteiger partial charge on any atom is -0.481 e. The Morgan fingerprint density at radius 3 is 2.92 bits per heavy atom. The van der Waals surface area contributed by atoms with Gasteiger partial charge in [-0.15, -0.1) is 0 Å². The zero-order chi connectivity index (χ0) is 18.0. The van der Waals surface area contributed by atoms with Gasteiger partial charge in [-0.1, -0.05) is 0 Å². The van der Waals surface area contributed by atoms with E-state index in [4.69, 9.17) is 0 Å². The fourth-order valence-corrected chi connectivity index (χ4v) is 3.36. The molecule has 0 aliphatic carbocycles. The van der Waals surface area contributed by atoms with E-state index < -0.39 is 17.2 Å². The van der Waals surface area contributed by atoms with Crippen LogP contribution < -0.4 is 10.6 Å². The molecule has 134 valence electrons. The summed E-state index contributed by atoms with van der Waals surface area (Å²) in [7, 11) is 0. The van der Waals surface area contributed by atoms with Crippen LogP contribution in [-0.4, -0.2) is 38.8 Å². The van der Waals surface area contributed by atoms with Gasteiger partial charge in [0, 0.05) is 24.2 Å². The van der Waals surface area contributed by atoms with Gasteiger partial charge in [0.1, 0.15) is 11.6 Å². The molecule has 2 aromatic heterocycles. The Balaban J connectivity index is 1.85. The first-order chi connectivity index (χ1) is 11.9. The number of H-pyrrole nitrogens is 1. The van der Waals surface area contributed by atoms with Crippen LogP contribution in [0.3, 0.4) is 0 Å². The van der Waals surface area contributed by atoms with Crippen molar-refractivity contribution < 1.29 is 14.3 Å². The first kappa shape index (κ1) is 17.3. The van der Waals surface area contributed by atoms with Crippen LogP contribution in [0, 0.1) is 18.2 Å². The van der Waals surface area contributed by atoms with E-state index in [1.165, 1.54) is 12.1 Å². The summed E-state index contributed by atoms with van der Waals surface area (Å²) in [5, 5.41) is 22.9. The lowest BCUT2D eigenvalue weighted by atomic mass is 9.73. The van der Waals surface area contributed by atoms with Crippen molar-refractivity contribution >= 4 is 17.6 Å². The molecule has 25 heavy (non-hydrogen) atoms. The minimum atomic E-state index is -1.000. The van der Waals surface area contributed by atoms with E-state index in [-0.39, 0.29) is 18.2 Å². The van der Waals surface area contributed by atoms with Gasteiger partial charge in [-0.25, -0.2) is 9.37 Å². The second-order valence-corrected chi connectivity index (χ2v) is 6.76. The van der Waals surface area contributed by atoms with Crippen LogP contribution in [0.15, 0.2) is 18.2 Å². The van der Waals surface area contributed by atoms with Crippen LogP contribution in [0.2, 0.25) is 0 Å². The molecule has 0 bridgehead atoms. The third kappa shape index (κ3) is 3.79. The average Bonchev–Trinajstić information content (AvgIpc) is 2.95. The lowest BCUT2D eigenvalue weighted by Crippen LogP contribution is -2.48. The van der Waals surface area contributed by atoms with Gasteiger partial charge in [-0.3, -0.25) is 9.89 Å². The molecule has 2 unspecified atom stereocenters. The molecule has 3 rings (SSSR count). The third-order valence-electron chi connectivity index (χ3n) is 4.63. The number of piperidine rings is 1. The molecule has 3 heterocycles. The van der Waals surface area contributed by atoms with Crippen molar-refractivity contribution in [1.29, 1.82) is 0 Å². The Morgan fingerprint density at radius 2 is 2.28 bits per heavy atom. The maximum Gasteiger partial charge on any atom is 0.310 e. The van der Waals surface area contributed by atoms with Crippen molar-refractivity contribution in [3.05, 3.63) is 35.4 Å². The van der Waals surface area contributed by atoms with Gasteiger partial charge in [0.25, 0.3) is 0 Å². The van der Waals surface area contributed by atoms with Gasteiger partial charge < -0.3 is 15.7 Å². The summed E-state index contributed by atoms with van der Waals surface area (Å²) < 4.78 is 14.3. The molecule has 1 aliphatic heterocycles. The first-order valence-electron chi connectivity index (χ1n) is 8.29. The van der Waals surface area contributed by atoms with Gasteiger partial charge in [0.05, 0.1) is 11.1 Å². The number of pyridine rings is 1. The zero-order valence-electron chi connectivity index (χ0n) is 14.3. The van der Waals surface area contributed by atoms with E-state index in [1.54, 1.807) is 6.07 Å². The second-order valence-electron chi connectivity index (χ2n) is 6.76. The summed E-state index contributed by atoms with van der Waals surface area (Å²) in [6.07, 6.45) is 0.957. The number of aromatic amines is 1. The smallest absolute Gasteiger partial charge is 0.310 e. The molecule has 0 saturated carbocycles. The Hall–Kier alpha value is -2.48. The zero-order valence-corrected chi connectivity index (χ0v) is 14.3. The Kier molecular flexibility index (Phi) is 4.71. The van der Waals surface area contributed by atoms with Crippen molar-refractivity contribution in [3.63, 3.8) is 0 Å². The molecule has 0 aromatic carbocycles. The molecule has 1 fully saturated rings. The van der Waals surface area contributed by atoms with Crippen molar-refractivity contribution in [1.82, 2.24) is 20.5 Å². The van der Waals surface area contributed by atoms with E-state index in [0.29, 0.717) is 31.0 Å². The van der Waals surface area contributed by atoms with Gasteiger partial charge in [-0.05, 0) is 45.4 Å². The molecule has 4 N–H and O–H groups in total. The number of carbonyl (C=O) groups is 1. The van der Waals surface area contributed by atoms with Crippen molar-refractivity contribution in [2.45, 2.75) is 39.2 Å². The predicted molar refractivity (Wildman–Crippen MR) is 91.3 cm³/mol. The van der Waals surface area contributed by atoms with E-state index in [9.17, 15) is 14.3 Å². The number of nitrogens with zero attached hydrogens (tertiary/aromatic N) is 2. The maximum atomic E-state index is 14.3. The van der Waals surface area contributed by atoms with E-state index in [1.807, 2.05) is 13.8 Å². The summed E-state index contributed by atoms with van der Waals surface area (Å²) in [6, 6.07) is 4.70. The fourth-order valence-electron chi connectivity index (χ4n) is 3.36. The summed E-state index contributed by atoms with van der Waals surface area (Å²) >= 11 is 0. The topological polar surface area (TPSA) is 103 Å². The average molecular weight is 347 g/mol. The highest BCUT2D eigenvalue weighted by molar-refractivity contribution is 5.75. The SMILES string of the molecule is Cc1cc(Nc2ccc(F)c(CC3(C(=O)O)CCNC(C)C3)n2)n[nH]1. The number of anilines is 2. The molecule has 0 radical (unpaired) electrons. The molecule has 0 spiro atoms. The second kappa shape index (κ2) is 6.79. The number of rotatable bonds is 5. The molecule has 7 nitrogen and oxygen atoms in total. The van der Waals surface area contributed by atoms with Gasteiger partial charge in [0.15, 0.2) is 5.82 Å². The molecule has 2 aromatic rings. The summed E-state index contributed by atoms with van der Waals surface area (Å²) in [6.45, 7) is 4.41. The number of nitrogens with one attached hydrogen (secondary N) is 3. The number of aryl methyl sites for hydroxylation is 1. The number of carboxylic acids is 1. The highest BCUT2D eigenvalue weighted by atomic mass is 19.1. The number of hydrogen-bond donors (Lipinski definition) is 4. The lowest BCUT2D eigenvalue weighted by Gasteiger charge is -2.37. The summed E-state index contributed by atoms with van der Waals surface area (Å²) in [4.78, 5) is 16.2. The molecule has 8 heteroatoms. The van der Waals surface area contributed by atoms with Gasteiger partial charge in [-0.2, -0.15) is 5.10 Å². The standard InChI is InChI=1S/C17H22FN5O2/c1-10-7-15(23-22-10)21-14-4-3-12(18)13(20-14)9-17(16(24)25)5-6-19-11(2)8-17/h3-4,7,11,19H,5-6,8-9H2,1-2H3,(H,24,25)(H2,20,21,22,23). The summed E-state index contributed by atoms with van der Waals surface area (Å²) in [5.74, 6) is -0.379. The summed E-state index contributed by atoms with van der Waals surface area (Å²) in [5.41, 5.74) is 0.0483. The van der Waals surface area contributed by atoms with E-state index in [0.717, 1.165) is 5.69 Å². The predicted octanol–water partition coefficient (Wildman–Crippen LogP) is 2.38. The lowest BCUT2D eigenvalue weighted by molar-refractivity contribution is -0.151. The van der Waals surface area contributed by atoms with Crippen molar-refractivity contribution in [2.75, 3.05) is 11.9 Å². The monoisotopic (exact) mass is 347 g/mol. The number of halogens is 1. The third-order valence-corrected chi connectivity index (χ3v) is 4.63. The van der Waals surface area contributed by atoms with Crippen LogP contribution in [0.25, 0.3) is 0 Å². The van der Waals surface area contributed by atoms with Crippen LogP contribution in [0.1, 0.15) is 31.2 Å². The van der Waals surface area contributed by atoms with E-state index >= 15 is 0 Å². The number of hydrogen-bond acceptors (Lipinski definition) is 5. The highest BCUT2D eigenvalue weighted by Crippen LogP contribution is 2.36. The first-order valence-corrected chi connectivity index (χ1v) is 8.29. The maximum absolute atomic E-state index is 14.3. The molecular weight excluding hydrogens is 325 g/mol. The van der Waals surface area contributed by atoms with Crippen LogP contribution in [-0.2, 0) is 11.2 Å². The number of aliphatic carboxylic acids is 1. The Bertz CT molecular complexity index is 778. The van der Waals surface area contributed by atoms with Crippen LogP contribution in [0.4, 0.5) is 16.0 Å². The van der Waals surface area contributed by atoms with Crippen LogP contribution >= 0.6 is 0 Å². The highest BCUT2D eigenvalue weighted by Gasteiger charge is 2.42. The minimum absolute atomic E-state index is 0.0648. The van der Waals surface area contributed by atoms with Gasteiger partial charge in [0.2, 0.25) is 0 Å². The fraction of sp³-hybridized carbons (Fsp3) is 0.471. The number of aromatic nitrogens is 3.